The molecule has 1 unspecified atom stereocenters. The van der Waals surface area contributed by atoms with Gasteiger partial charge in [-0.25, -0.2) is 9.78 Å². The van der Waals surface area contributed by atoms with Gasteiger partial charge in [-0.2, -0.15) is 5.26 Å². The van der Waals surface area contributed by atoms with Gasteiger partial charge in [0.05, 0.1) is 18.0 Å². The molecule has 100 valence electrons. The number of fused-ring (bicyclic) bond motifs is 1. The lowest BCUT2D eigenvalue weighted by molar-refractivity contribution is -0.145. The Morgan fingerprint density at radius 3 is 3.00 bits per heavy atom. The highest BCUT2D eigenvalue weighted by Crippen LogP contribution is 2.41. The molecule has 20 heavy (non-hydrogen) atoms. The highest BCUT2D eigenvalue weighted by atomic mass is 79.9. The number of nitrogens with zero attached hydrogens (tertiary/aromatic N) is 3. The van der Waals surface area contributed by atoms with Crippen molar-refractivity contribution in [3.8, 4) is 6.07 Å². The number of carboxylic acids is 1. The van der Waals surface area contributed by atoms with E-state index in [1.54, 1.807) is 35.3 Å². The van der Waals surface area contributed by atoms with Crippen LogP contribution in [0.4, 0.5) is 0 Å². The second-order valence-electron chi connectivity index (χ2n) is 4.73. The fourth-order valence-electron chi connectivity index (χ4n) is 2.79. The number of rotatable bonds is 2. The van der Waals surface area contributed by atoms with E-state index in [0.717, 1.165) is 5.69 Å². The number of carboxylic acid groups (broad SMARTS) is 1. The van der Waals surface area contributed by atoms with Crippen molar-refractivity contribution >= 4 is 21.9 Å². The van der Waals surface area contributed by atoms with Crippen LogP contribution in [0.15, 0.2) is 35.2 Å². The van der Waals surface area contributed by atoms with E-state index in [2.05, 4.69) is 20.9 Å². The van der Waals surface area contributed by atoms with E-state index in [1.165, 1.54) is 0 Å². The summed E-state index contributed by atoms with van der Waals surface area (Å²) >= 11 is 3.39. The first kappa shape index (κ1) is 12.9. The largest absolute Gasteiger partial charge is 0.479 e. The van der Waals surface area contributed by atoms with Crippen molar-refractivity contribution in [1.29, 1.82) is 5.26 Å². The summed E-state index contributed by atoms with van der Waals surface area (Å²) in [7, 11) is 0. The molecule has 0 amide bonds. The molecule has 2 heterocycles. The Morgan fingerprint density at radius 2 is 2.35 bits per heavy atom. The summed E-state index contributed by atoms with van der Waals surface area (Å²) in [4.78, 5) is 16.0. The minimum absolute atomic E-state index is 0.477. The number of aryl methyl sites for hydroxylation is 1. The molecule has 5 nitrogen and oxygen atoms in total. The average molecular weight is 332 g/mol. The number of nitriles is 1. The van der Waals surface area contributed by atoms with Crippen LogP contribution < -0.4 is 0 Å². The highest BCUT2D eigenvalue weighted by Gasteiger charge is 2.48. The normalized spacial score (nSPS) is 20.4. The fraction of sp³-hybridized carbons (Fsp3) is 0.214. The Hall–Kier alpha value is -2.13. The molecule has 0 fully saturated rings. The van der Waals surface area contributed by atoms with Gasteiger partial charge in [0.15, 0.2) is 5.54 Å². The van der Waals surface area contributed by atoms with Gasteiger partial charge in [0, 0.05) is 21.9 Å². The summed E-state index contributed by atoms with van der Waals surface area (Å²) in [6.45, 7) is 0. The van der Waals surface area contributed by atoms with Gasteiger partial charge in [0.25, 0.3) is 0 Å². The Morgan fingerprint density at radius 1 is 1.55 bits per heavy atom. The highest BCUT2D eigenvalue weighted by molar-refractivity contribution is 9.10. The molecule has 0 saturated heterocycles. The maximum absolute atomic E-state index is 12.0. The topological polar surface area (TPSA) is 78.9 Å². The monoisotopic (exact) mass is 331 g/mol. The van der Waals surface area contributed by atoms with Gasteiger partial charge in [-0.05, 0) is 25.0 Å². The summed E-state index contributed by atoms with van der Waals surface area (Å²) in [5, 5.41) is 18.7. The molecule has 1 aliphatic rings. The zero-order chi connectivity index (χ0) is 14.3. The maximum Gasteiger partial charge on any atom is 0.334 e. The number of aliphatic carboxylic acids is 1. The number of hydrogen-bond donors (Lipinski definition) is 1. The van der Waals surface area contributed by atoms with E-state index in [0.29, 0.717) is 28.4 Å². The van der Waals surface area contributed by atoms with Crippen molar-refractivity contribution in [3.05, 3.63) is 52.0 Å². The summed E-state index contributed by atoms with van der Waals surface area (Å²) in [5.41, 5.74) is 0.882. The molecule has 1 aromatic carbocycles. The Balaban J connectivity index is 2.25. The summed E-state index contributed by atoms with van der Waals surface area (Å²) in [5.74, 6) is -0.917. The third-order valence-electron chi connectivity index (χ3n) is 3.77. The number of imidazole rings is 1. The van der Waals surface area contributed by atoms with Gasteiger partial charge in [-0.3, -0.25) is 0 Å². The zero-order valence-electron chi connectivity index (χ0n) is 10.4. The Labute approximate surface area is 123 Å². The van der Waals surface area contributed by atoms with E-state index in [-0.39, 0.29) is 0 Å². The molecular weight excluding hydrogens is 322 g/mol. The standard InChI is InChI=1S/C14H10BrN3O2/c15-12-5-9(6-16)1-2-11(12)14(13(19)20)4-3-10-7-17-8-18(10)14/h1-2,5,7-8H,3-4H2,(H,19,20). The molecule has 0 saturated carbocycles. The van der Waals surface area contributed by atoms with Crippen molar-refractivity contribution in [2.45, 2.75) is 18.4 Å². The number of carbonyl (C=O) groups is 1. The second-order valence-corrected chi connectivity index (χ2v) is 5.58. The number of aromatic nitrogens is 2. The molecule has 0 aliphatic carbocycles. The molecule has 1 atom stereocenters. The smallest absolute Gasteiger partial charge is 0.334 e. The SMILES string of the molecule is N#Cc1ccc(C2(C(=O)O)CCc3cncn32)c(Br)c1. The number of halogens is 1. The molecule has 3 rings (SSSR count). The van der Waals surface area contributed by atoms with Crippen LogP contribution in [-0.4, -0.2) is 20.6 Å². The molecule has 1 aliphatic heterocycles. The second kappa shape index (κ2) is 4.46. The van der Waals surface area contributed by atoms with Gasteiger partial charge in [-0.15, -0.1) is 0 Å². The van der Waals surface area contributed by atoms with Gasteiger partial charge in [-0.1, -0.05) is 22.0 Å². The fourth-order valence-corrected chi connectivity index (χ4v) is 3.50. The molecular formula is C14H10BrN3O2. The van der Waals surface area contributed by atoms with Crippen LogP contribution in [-0.2, 0) is 16.8 Å². The van der Waals surface area contributed by atoms with Gasteiger partial charge >= 0.3 is 5.97 Å². The van der Waals surface area contributed by atoms with Crippen LogP contribution in [0, 0.1) is 11.3 Å². The predicted octanol–water partition coefficient (Wildman–Crippen LogP) is 2.29. The van der Waals surface area contributed by atoms with Crippen molar-refractivity contribution < 1.29 is 9.90 Å². The van der Waals surface area contributed by atoms with Crippen LogP contribution in [0.2, 0.25) is 0 Å². The molecule has 2 aromatic rings. The van der Waals surface area contributed by atoms with Gasteiger partial charge < -0.3 is 9.67 Å². The van der Waals surface area contributed by atoms with Gasteiger partial charge in [0.2, 0.25) is 0 Å². The van der Waals surface area contributed by atoms with Crippen molar-refractivity contribution in [2.75, 3.05) is 0 Å². The lowest BCUT2D eigenvalue weighted by atomic mass is 9.87. The van der Waals surface area contributed by atoms with Gasteiger partial charge in [0.1, 0.15) is 0 Å². The third-order valence-corrected chi connectivity index (χ3v) is 4.42. The molecule has 1 aromatic heterocycles. The average Bonchev–Trinajstić information content (AvgIpc) is 3.00. The first-order valence-electron chi connectivity index (χ1n) is 6.05. The number of benzene rings is 1. The molecule has 1 N–H and O–H groups in total. The molecule has 6 heteroatoms. The van der Waals surface area contributed by atoms with E-state index in [1.807, 2.05) is 6.07 Å². The molecule has 0 radical (unpaired) electrons. The minimum atomic E-state index is -1.15. The Kier molecular flexibility index (Phi) is 2.87. The van der Waals surface area contributed by atoms with E-state index in [9.17, 15) is 9.90 Å². The van der Waals surface area contributed by atoms with Crippen LogP contribution in [0.25, 0.3) is 0 Å². The maximum atomic E-state index is 12.0. The molecule has 0 spiro atoms. The first-order valence-corrected chi connectivity index (χ1v) is 6.84. The Bertz CT molecular complexity index is 747. The zero-order valence-corrected chi connectivity index (χ0v) is 12.0. The van der Waals surface area contributed by atoms with Crippen LogP contribution in [0.5, 0.6) is 0 Å². The van der Waals surface area contributed by atoms with E-state index < -0.39 is 11.5 Å². The molecule has 0 bridgehead atoms. The predicted molar refractivity (Wildman–Crippen MR) is 74.1 cm³/mol. The third kappa shape index (κ3) is 1.60. The van der Waals surface area contributed by atoms with E-state index >= 15 is 0 Å². The first-order chi connectivity index (χ1) is 9.59. The summed E-state index contributed by atoms with van der Waals surface area (Å²) in [6.07, 6.45) is 4.40. The van der Waals surface area contributed by atoms with Crippen molar-refractivity contribution in [3.63, 3.8) is 0 Å². The van der Waals surface area contributed by atoms with E-state index in [4.69, 9.17) is 5.26 Å². The van der Waals surface area contributed by atoms with Crippen molar-refractivity contribution in [2.24, 2.45) is 0 Å². The quantitative estimate of drug-likeness (QED) is 0.915. The lowest BCUT2D eigenvalue weighted by Gasteiger charge is -2.28. The minimum Gasteiger partial charge on any atom is -0.479 e. The lowest BCUT2D eigenvalue weighted by Crippen LogP contribution is -2.40. The summed E-state index contributed by atoms with van der Waals surface area (Å²) < 4.78 is 2.34. The number of hydrogen-bond acceptors (Lipinski definition) is 3. The summed E-state index contributed by atoms with van der Waals surface area (Å²) in [6, 6.07) is 7.03. The van der Waals surface area contributed by atoms with Crippen LogP contribution >= 0.6 is 15.9 Å². The van der Waals surface area contributed by atoms with Crippen molar-refractivity contribution in [1.82, 2.24) is 9.55 Å². The van der Waals surface area contributed by atoms with Crippen LogP contribution in [0.1, 0.15) is 23.2 Å². The van der Waals surface area contributed by atoms with Crippen LogP contribution in [0.3, 0.4) is 0 Å².